The maximum absolute atomic E-state index is 11.2. The molecule has 0 atom stereocenters. The molecule has 0 N–H and O–H groups in total. The summed E-state index contributed by atoms with van der Waals surface area (Å²) >= 11 is 0. The van der Waals surface area contributed by atoms with E-state index in [2.05, 4.69) is 12.6 Å². The minimum atomic E-state index is -0.0848. The first kappa shape index (κ1) is 11.2. The van der Waals surface area contributed by atoms with E-state index >= 15 is 0 Å². The van der Waals surface area contributed by atoms with E-state index in [0.29, 0.717) is 24.4 Å². The van der Waals surface area contributed by atoms with Crippen LogP contribution < -0.4 is 4.74 Å². The van der Waals surface area contributed by atoms with Crippen LogP contribution in [0.25, 0.3) is 0 Å². The van der Waals surface area contributed by atoms with Crippen molar-refractivity contribution in [1.82, 2.24) is 4.90 Å². The lowest BCUT2D eigenvalue weighted by molar-refractivity contribution is -0.134. The number of ether oxygens (including phenoxy) is 1. The molecule has 1 aliphatic rings. The quantitative estimate of drug-likeness (QED) is 0.733. The molecule has 1 saturated heterocycles. The highest BCUT2D eigenvalue weighted by molar-refractivity contribution is 5.87. The number of benzene rings is 1. The lowest BCUT2D eigenvalue weighted by atomic mass is 10.1. The first-order valence-electron chi connectivity index (χ1n) is 5.31. The van der Waals surface area contributed by atoms with Crippen LogP contribution in [-0.4, -0.2) is 30.0 Å². The summed E-state index contributed by atoms with van der Waals surface area (Å²) in [5.41, 5.74) is 0.515. The molecule has 4 nitrogen and oxygen atoms in total. The van der Waals surface area contributed by atoms with Crippen LogP contribution in [0.5, 0.6) is 5.75 Å². The number of amides is 1. The molecule has 0 saturated carbocycles. The summed E-state index contributed by atoms with van der Waals surface area (Å²) in [5.74, 6) is 0.490. The third kappa shape index (κ3) is 2.28. The van der Waals surface area contributed by atoms with Crippen LogP contribution in [0.15, 0.2) is 36.9 Å². The Balaban J connectivity index is 1.94. The van der Waals surface area contributed by atoms with Crippen LogP contribution >= 0.6 is 0 Å². The zero-order chi connectivity index (χ0) is 12.3. The predicted molar refractivity (Wildman–Crippen MR) is 62.4 cm³/mol. The average Bonchev–Trinajstić information content (AvgIpc) is 2.32. The first-order chi connectivity index (χ1) is 8.24. The van der Waals surface area contributed by atoms with Crippen molar-refractivity contribution in [3.8, 4) is 11.8 Å². The van der Waals surface area contributed by atoms with Crippen LogP contribution in [0.2, 0.25) is 0 Å². The summed E-state index contributed by atoms with van der Waals surface area (Å²) in [6.45, 7) is 4.52. The number of nitrogens with zero attached hydrogens (tertiary/aromatic N) is 2. The summed E-state index contributed by atoms with van der Waals surface area (Å²) in [5, 5.41) is 8.89. The van der Waals surface area contributed by atoms with Crippen LogP contribution in [0.4, 0.5) is 0 Å². The van der Waals surface area contributed by atoms with Gasteiger partial charge in [-0.15, -0.1) is 0 Å². The number of hydrogen-bond acceptors (Lipinski definition) is 3. The maximum atomic E-state index is 11.2. The van der Waals surface area contributed by atoms with Gasteiger partial charge in [0.1, 0.15) is 17.9 Å². The summed E-state index contributed by atoms with van der Waals surface area (Å²) in [4.78, 5) is 12.9. The molecule has 0 radical (unpaired) electrons. The molecule has 1 aromatic rings. The van der Waals surface area contributed by atoms with Gasteiger partial charge < -0.3 is 9.64 Å². The smallest absolute Gasteiger partial charge is 0.246 e. The number of rotatable bonds is 3. The number of para-hydroxylation sites is 1. The highest BCUT2D eigenvalue weighted by Gasteiger charge is 2.31. The number of nitriles is 1. The van der Waals surface area contributed by atoms with Crippen molar-refractivity contribution in [1.29, 1.82) is 5.26 Å². The fraction of sp³-hybridized carbons (Fsp3) is 0.231. The number of carbonyl (C=O) groups excluding carboxylic acids is 1. The second-order valence-corrected chi connectivity index (χ2v) is 3.80. The molecule has 2 rings (SSSR count). The molecule has 1 amide bonds. The molecule has 0 aromatic heterocycles. The Hall–Kier alpha value is -2.28. The van der Waals surface area contributed by atoms with E-state index in [0.717, 1.165) is 0 Å². The maximum Gasteiger partial charge on any atom is 0.246 e. The van der Waals surface area contributed by atoms with Crippen molar-refractivity contribution in [3.63, 3.8) is 0 Å². The van der Waals surface area contributed by atoms with Gasteiger partial charge >= 0.3 is 0 Å². The van der Waals surface area contributed by atoms with Crippen molar-refractivity contribution < 1.29 is 9.53 Å². The Morgan fingerprint density at radius 1 is 1.53 bits per heavy atom. The number of hydrogen-bond donors (Lipinski definition) is 0. The molecule has 0 bridgehead atoms. The Bertz CT molecular complexity index is 484. The summed E-state index contributed by atoms with van der Waals surface area (Å²) in [7, 11) is 0. The zero-order valence-corrected chi connectivity index (χ0v) is 9.30. The fourth-order valence-corrected chi connectivity index (χ4v) is 1.66. The molecule has 86 valence electrons. The Morgan fingerprint density at radius 2 is 2.24 bits per heavy atom. The van der Waals surface area contributed by atoms with E-state index in [1.54, 1.807) is 23.1 Å². The minimum Gasteiger partial charge on any atom is -0.485 e. The number of carbonyl (C=O) groups is 1. The van der Waals surface area contributed by atoms with Crippen LogP contribution in [-0.2, 0) is 4.79 Å². The molecular weight excluding hydrogens is 216 g/mol. The fourth-order valence-electron chi connectivity index (χ4n) is 1.66. The molecule has 1 fully saturated rings. The van der Waals surface area contributed by atoms with Gasteiger partial charge in [0.15, 0.2) is 0 Å². The van der Waals surface area contributed by atoms with Gasteiger partial charge in [-0.1, -0.05) is 18.7 Å². The van der Waals surface area contributed by atoms with Gasteiger partial charge in [0.2, 0.25) is 5.91 Å². The van der Waals surface area contributed by atoms with Crippen molar-refractivity contribution >= 4 is 5.91 Å². The second kappa shape index (κ2) is 4.71. The standard InChI is InChI=1S/C13H12N2O2/c1-2-13(16)15-8-11(9-15)17-12-6-4-3-5-10(12)7-14/h2-6,11H,1,8-9H2. The van der Waals surface area contributed by atoms with Crippen molar-refractivity contribution in [2.24, 2.45) is 0 Å². The summed E-state index contributed by atoms with van der Waals surface area (Å²) in [6.07, 6.45) is 1.26. The highest BCUT2D eigenvalue weighted by Crippen LogP contribution is 2.21. The van der Waals surface area contributed by atoms with Gasteiger partial charge in [-0.2, -0.15) is 5.26 Å². The zero-order valence-electron chi connectivity index (χ0n) is 9.30. The molecule has 1 heterocycles. The topological polar surface area (TPSA) is 53.3 Å². The van der Waals surface area contributed by atoms with Crippen LogP contribution in [0.3, 0.4) is 0 Å². The predicted octanol–water partition coefficient (Wildman–Crippen LogP) is 1.33. The monoisotopic (exact) mass is 228 g/mol. The average molecular weight is 228 g/mol. The van der Waals surface area contributed by atoms with Crippen LogP contribution in [0, 0.1) is 11.3 Å². The third-order valence-electron chi connectivity index (χ3n) is 2.64. The van der Waals surface area contributed by atoms with E-state index in [4.69, 9.17) is 10.00 Å². The molecule has 1 aromatic carbocycles. The lowest BCUT2D eigenvalue weighted by Crippen LogP contribution is -2.55. The third-order valence-corrected chi connectivity index (χ3v) is 2.64. The van der Waals surface area contributed by atoms with E-state index in [1.165, 1.54) is 6.08 Å². The molecular formula is C13H12N2O2. The molecule has 0 aliphatic carbocycles. The highest BCUT2D eigenvalue weighted by atomic mass is 16.5. The molecule has 0 unspecified atom stereocenters. The van der Waals surface area contributed by atoms with Crippen LogP contribution in [0.1, 0.15) is 5.56 Å². The van der Waals surface area contributed by atoms with Crippen molar-refractivity contribution in [3.05, 3.63) is 42.5 Å². The van der Waals surface area contributed by atoms with Gasteiger partial charge in [-0.25, -0.2) is 0 Å². The normalized spacial score (nSPS) is 14.6. The Morgan fingerprint density at radius 3 is 2.88 bits per heavy atom. The van der Waals surface area contributed by atoms with Gasteiger partial charge in [-0.05, 0) is 18.2 Å². The molecule has 4 heteroatoms. The summed E-state index contributed by atoms with van der Waals surface area (Å²) in [6, 6.07) is 9.15. The summed E-state index contributed by atoms with van der Waals surface area (Å²) < 4.78 is 5.65. The largest absolute Gasteiger partial charge is 0.485 e. The van der Waals surface area contributed by atoms with E-state index in [9.17, 15) is 4.79 Å². The lowest BCUT2D eigenvalue weighted by Gasteiger charge is -2.38. The van der Waals surface area contributed by atoms with E-state index in [-0.39, 0.29) is 12.0 Å². The second-order valence-electron chi connectivity index (χ2n) is 3.80. The van der Waals surface area contributed by atoms with Gasteiger partial charge in [0, 0.05) is 0 Å². The van der Waals surface area contributed by atoms with Crippen molar-refractivity contribution in [2.45, 2.75) is 6.10 Å². The molecule has 17 heavy (non-hydrogen) atoms. The molecule has 1 aliphatic heterocycles. The first-order valence-corrected chi connectivity index (χ1v) is 5.31. The molecule has 0 spiro atoms. The van der Waals surface area contributed by atoms with Crippen molar-refractivity contribution in [2.75, 3.05) is 13.1 Å². The van der Waals surface area contributed by atoms with Gasteiger partial charge in [0.25, 0.3) is 0 Å². The van der Waals surface area contributed by atoms with Gasteiger partial charge in [-0.3, -0.25) is 4.79 Å². The van der Waals surface area contributed by atoms with E-state index in [1.807, 2.05) is 6.07 Å². The SMILES string of the molecule is C=CC(=O)N1CC(Oc2ccccc2C#N)C1. The Kier molecular flexibility index (Phi) is 3.10. The Labute approximate surface area is 99.7 Å². The van der Waals surface area contributed by atoms with E-state index < -0.39 is 0 Å². The number of likely N-dealkylation sites (tertiary alicyclic amines) is 1. The minimum absolute atomic E-state index is 0.0339. The van der Waals surface area contributed by atoms with Gasteiger partial charge in [0.05, 0.1) is 18.7 Å².